The third-order valence-electron chi connectivity index (χ3n) is 2.02. The summed E-state index contributed by atoms with van der Waals surface area (Å²) in [7, 11) is 0. The second-order valence-electron chi connectivity index (χ2n) is 3.53. The Kier molecular flexibility index (Phi) is 9.63. The molecule has 0 aliphatic carbocycles. The number of oxime groups is 2. The minimum atomic E-state index is -0.687. The van der Waals surface area contributed by atoms with E-state index < -0.39 is 11.9 Å². The third-order valence-corrected chi connectivity index (χ3v) is 2.02. The molecule has 0 aromatic rings. The number of carbonyl (C=O) groups is 2. The summed E-state index contributed by atoms with van der Waals surface area (Å²) in [6, 6.07) is -0.687. The largest absolute Gasteiger partial charge is 0.396 e. The number of carbonyl (C=O) groups excluding carboxylic acids is 2. The maximum atomic E-state index is 11.7. The van der Waals surface area contributed by atoms with Crippen LogP contribution in [0.4, 0.5) is 4.79 Å². The fourth-order valence-corrected chi connectivity index (χ4v) is 1.06. The van der Waals surface area contributed by atoms with Crippen molar-refractivity contribution >= 4 is 23.5 Å². The van der Waals surface area contributed by atoms with Crippen molar-refractivity contribution in [2.24, 2.45) is 10.3 Å². The van der Waals surface area contributed by atoms with Crippen molar-refractivity contribution in [3.8, 4) is 0 Å². The molecule has 20 heavy (non-hydrogen) atoms. The molecule has 0 aliphatic rings. The van der Waals surface area contributed by atoms with E-state index in [4.69, 9.17) is 9.68 Å². The van der Waals surface area contributed by atoms with Crippen LogP contribution in [0, 0.1) is 0 Å². The lowest BCUT2D eigenvalue weighted by atomic mass is 10.3. The minimum absolute atomic E-state index is 0.141. The van der Waals surface area contributed by atoms with E-state index in [2.05, 4.69) is 20.9 Å². The monoisotopic (exact) mass is 286 g/mol. The van der Waals surface area contributed by atoms with Gasteiger partial charge in [0, 0.05) is 6.42 Å². The molecule has 0 unspecified atom stereocenters. The standard InChI is InChI=1S/C12H22N4O4/c1-5-9(15-19-7-3)11(17)14-12(18)13-10(6-2)16-20-8-4/h5-8H2,1-4H3,(H2,13,14,16,17,18)/b15-9+. The van der Waals surface area contributed by atoms with Gasteiger partial charge in [0.1, 0.15) is 24.8 Å². The van der Waals surface area contributed by atoms with Crippen molar-refractivity contribution in [1.29, 1.82) is 0 Å². The number of hydrogen-bond acceptors (Lipinski definition) is 6. The Balaban J connectivity index is 4.47. The molecule has 0 aromatic carbocycles. The lowest BCUT2D eigenvalue weighted by molar-refractivity contribution is -0.114. The first kappa shape index (κ1) is 17.9. The SMILES string of the molecule is CCO/N=C(\CC)NC(=O)NC(=O)/C(CC)=N/OCC. The minimum Gasteiger partial charge on any atom is -0.396 e. The van der Waals surface area contributed by atoms with Crippen LogP contribution >= 0.6 is 0 Å². The zero-order valence-corrected chi connectivity index (χ0v) is 12.4. The van der Waals surface area contributed by atoms with Gasteiger partial charge in [-0.3, -0.25) is 15.4 Å². The maximum Gasteiger partial charge on any atom is 0.327 e. The first-order valence-corrected chi connectivity index (χ1v) is 6.58. The van der Waals surface area contributed by atoms with Gasteiger partial charge in [-0.2, -0.15) is 0 Å². The Morgan fingerprint density at radius 1 is 0.900 bits per heavy atom. The number of amides is 3. The van der Waals surface area contributed by atoms with Gasteiger partial charge in [0.25, 0.3) is 5.91 Å². The molecule has 0 aromatic heterocycles. The van der Waals surface area contributed by atoms with E-state index in [1.54, 1.807) is 27.7 Å². The number of nitrogens with one attached hydrogen (secondary N) is 2. The van der Waals surface area contributed by atoms with Gasteiger partial charge in [-0.1, -0.05) is 24.2 Å². The van der Waals surface area contributed by atoms with Crippen molar-refractivity contribution in [2.45, 2.75) is 40.5 Å². The molecule has 0 fully saturated rings. The van der Waals surface area contributed by atoms with Crippen LogP contribution in [-0.2, 0) is 14.5 Å². The van der Waals surface area contributed by atoms with E-state index in [9.17, 15) is 9.59 Å². The van der Waals surface area contributed by atoms with Gasteiger partial charge in [0.15, 0.2) is 0 Å². The molecule has 114 valence electrons. The van der Waals surface area contributed by atoms with Crippen LogP contribution < -0.4 is 10.6 Å². The molecule has 0 heterocycles. The Morgan fingerprint density at radius 3 is 2.00 bits per heavy atom. The van der Waals surface area contributed by atoms with Crippen molar-refractivity contribution in [3.63, 3.8) is 0 Å². The molecule has 8 heteroatoms. The number of amidine groups is 1. The zero-order chi connectivity index (χ0) is 15.4. The molecule has 0 bridgehead atoms. The lowest BCUT2D eigenvalue weighted by Gasteiger charge is -2.08. The van der Waals surface area contributed by atoms with E-state index in [1.165, 1.54) is 0 Å². The number of rotatable bonds is 7. The van der Waals surface area contributed by atoms with Crippen LogP contribution in [0.3, 0.4) is 0 Å². The maximum absolute atomic E-state index is 11.7. The summed E-state index contributed by atoms with van der Waals surface area (Å²) in [5, 5.41) is 11.9. The van der Waals surface area contributed by atoms with Gasteiger partial charge in [-0.25, -0.2) is 4.79 Å². The third kappa shape index (κ3) is 7.34. The summed E-state index contributed by atoms with van der Waals surface area (Å²) in [4.78, 5) is 33.0. The average molecular weight is 286 g/mol. The molecular weight excluding hydrogens is 264 g/mol. The van der Waals surface area contributed by atoms with Crippen LogP contribution in [-0.4, -0.2) is 36.7 Å². The molecule has 0 saturated heterocycles. The van der Waals surface area contributed by atoms with E-state index >= 15 is 0 Å². The quantitative estimate of drug-likeness (QED) is 0.419. The molecule has 8 nitrogen and oxygen atoms in total. The van der Waals surface area contributed by atoms with E-state index in [0.717, 1.165) is 0 Å². The topological polar surface area (TPSA) is 101 Å². The van der Waals surface area contributed by atoms with Crippen molar-refractivity contribution in [3.05, 3.63) is 0 Å². The summed E-state index contributed by atoms with van der Waals surface area (Å²) in [5.74, 6) is -0.276. The molecule has 3 amide bonds. The summed E-state index contributed by atoms with van der Waals surface area (Å²) >= 11 is 0. The second kappa shape index (κ2) is 10.8. The summed E-state index contributed by atoms with van der Waals surface area (Å²) in [5.41, 5.74) is 0.141. The van der Waals surface area contributed by atoms with Gasteiger partial charge >= 0.3 is 6.03 Å². The first-order chi connectivity index (χ1) is 9.58. The van der Waals surface area contributed by atoms with Crippen molar-refractivity contribution in [2.75, 3.05) is 13.2 Å². The highest BCUT2D eigenvalue weighted by Gasteiger charge is 2.15. The molecule has 0 rings (SSSR count). The first-order valence-electron chi connectivity index (χ1n) is 6.58. The molecule has 0 atom stereocenters. The highest BCUT2D eigenvalue weighted by Crippen LogP contribution is 1.90. The number of hydrogen-bond donors (Lipinski definition) is 2. The predicted octanol–water partition coefficient (Wildman–Crippen LogP) is 1.37. The van der Waals surface area contributed by atoms with Gasteiger partial charge in [0.05, 0.1) is 0 Å². The highest BCUT2D eigenvalue weighted by molar-refractivity contribution is 6.41. The molecule has 0 spiro atoms. The molecule has 0 radical (unpaired) electrons. The van der Waals surface area contributed by atoms with Crippen molar-refractivity contribution < 1.29 is 19.3 Å². The Labute approximate surface area is 118 Å². The highest BCUT2D eigenvalue weighted by atomic mass is 16.6. The van der Waals surface area contributed by atoms with Gasteiger partial charge < -0.3 is 9.68 Å². The number of nitrogens with zero attached hydrogens (tertiary/aromatic N) is 2. The van der Waals surface area contributed by atoms with E-state index in [0.29, 0.717) is 31.9 Å². The predicted molar refractivity (Wildman–Crippen MR) is 75.4 cm³/mol. The molecular formula is C12H22N4O4. The number of imide groups is 1. The fourth-order valence-electron chi connectivity index (χ4n) is 1.06. The Bertz CT molecular complexity index is 380. The van der Waals surface area contributed by atoms with Crippen LogP contribution in [0.5, 0.6) is 0 Å². The molecule has 0 aliphatic heterocycles. The smallest absolute Gasteiger partial charge is 0.327 e. The summed E-state index contributed by atoms with van der Waals surface area (Å²) < 4.78 is 0. The average Bonchev–Trinajstić information content (AvgIpc) is 2.44. The van der Waals surface area contributed by atoms with Crippen LogP contribution in [0.15, 0.2) is 10.3 Å². The molecule has 2 N–H and O–H groups in total. The van der Waals surface area contributed by atoms with Crippen LogP contribution in [0.1, 0.15) is 40.5 Å². The van der Waals surface area contributed by atoms with E-state index in [-0.39, 0.29) is 5.71 Å². The summed E-state index contributed by atoms with van der Waals surface area (Å²) in [6.45, 7) is 7.81. The van der Waals surface area contributed by atoms with Gasteiger partial charge in [-0.15, -0.1) is 0 Å². The molecule has 0 saturated carbocycles. The van der Waals surface area contributed by atoms with Crippen LogP contribution in [0.25, 0.3) is 0 Å². The number of urea groups is 1. The van der Waals surface area contributed by atoms with Crippen LogP contribution in [0.2, 0.25) is 0 Å². The van der Waals surface area contributed by atoms with Gasteiger partial charge in [0.2, 0.25) is 0 Å². The summed E-state index contributed by atoms with van der Waals surface area (Å²) in [6.07, 6.45) is 0.821. The van der Waals surface area contributed by atoms with E-state index in [1.807, 2.05) is 0 Å². The fraction of sp³-hybridized carbons (Fsp3) is 0.667. The normalized spacial score (nSPS) is 11.8. The Morgan fingerprint density at radius 2 is 1.50 bits per heavy atom. The Hall–Kier alpha value is -2.12. The lowest BCUT2D eigenvalue weighted by Crippen LogP contribution is -2.44. The second-order valence-corrected chi connectivity index (χ2v) is 3.53. The van der Waals surface area contributed by atoms with Crippen molar-refractivity contribution in [1.82, 2.24) is 10.6 Å². The zero-order valence-electron chi connectivity index (χ0n) is 12.4. The van der Waals surface area contributed by atoms with Gasteiger partial charge in [-0.05, 0) is 20.3 Å².